The molecule has 0 saturated carbocycles. The maximum absolute atomic E-state index is 12.8. The lowest BCUT2D eigenvalue weighted by molar-refractivity contribution is -0.118. The Bertz CT molecular complexity index is 772. The van der Waals surface area contributed by atoms with E-state index in [1.165, 1.54) is 6.20 Å². The lowest BCUT2D eigenvalue weighted by Gasteiger charge is -2.11. The number of pyridine rings is 1. The predicted molar refractivity (Wildman–Crippen MR) is 88.7 cm³/mol. The molecule has 0 radical (unpaired) electrons. The number of fused-ring (bicyclic) bond motifs is 1. The van der Waals surface area contributed by atoms with E-state index >= 15 is 0 Å². The third kappa shape index (κ3) is 3.55. The molecule has 2 aromatic rings. The Morgan fingerprint density at radius 3 is 2.71 bits per heavy atom. The van der Waals surface area contributed by atoms with Crippen LogP contribution in [-0.2, 0) is 17.8 Å². The summed E-state index contributed by atoms with van der Waals surface area (Å²) >= 11 is 0. The molecule has 1 aromatic carbocycles. The van der Waals surface area contributed by atoms with Gasteiger partial charge in [0.2, 0.25) is 0 Å². The van der Waals surface area contributed by atoms with Crippen molar-refractivity contribution in [1.82, 2.24) is 4.98 Å². The fourth-order valence-electron chi connectivity index (χ4n) is 2.96. The fourth-order valence-corrected chi connectivity index (χ4v) is 2.96. The minimum absolute atomic E-state index is 0.0896. The van der Waals surface area contributed by atoms with Gasteiger partial charge in [0.25, 0.3) is 6.43 Å². The first-order chi connectivity index (χ1) is 11.5. The summed E-state index contributed by atoms with van der Waals surface area (Å²) in [5, 5.41) is 0. The summed E-state index contributed by atoms with van der Waals surface area (Å²) in [6, 6.07) is 11.6. The topological polar surface area (TPSA) is 42.3 Å². The van der Waals surface area contributed by atoms with Crippen LogP contribution in [0.2, 0.25) is 0 Å². The van der Waals surface area contributed by atoms with Crippen molar-refractivity contribution in [2.24, 2.45) is 4.99 Å². The molecule has 1 aliphatic heterocycles. The lowest BCUT2D eigenvalue weighted by Crippen LogP contribution is -2.12. The number of hydrogen-bond donors (Lipinski definition) is 0. The number of rotatable bonds is 6. The van der Waals surface area contributed by atoms with Crippen LogP contribution in [0.3, 0.4) is 0 Å². The molecule has 2 heterocycles. The molecule has 5 heteroatoms. The standard InChI is InChI=1S/C19H18F2N2O/c1-12(13-5-3-2-4-6-13)7-16(24)9-15-8-14-10-23-18(19(20)21)17(14)11-22-15/h2-6,8,11-12,19H,7,9-10H2,1H3/t12-/m0/s1. The molecule has 3 nitrogen and oxygen atoms in total. The number of ketones is 1. The number of nitrogens with zero attached hydrogens (tertiary/aromatic N) is 2. The Morgan fingerprint density at radius 2 is 2.00 bits per heavy atom. The van der Waals surface area contributed by atoms with Gasteiger partial charge in [0.1, 0.15) is 11.5 Å². The average molecular weight is 328 g/mol. The maximum Gasteiger partial charge on any atom is 0.280 e. The van der Waals surface area contributed by atoms with Gasteiger partial charge in [-0.15, -0.1) is 0 Å². The average Bonchev–Trinajstić information content (AvgIpc) is 2.99. The van der Waals surface area contributed by atoms with E-state index in [9.17, 15) is 13.6 Å². The number of hydrogen-bond acceptors (Lipinski definition) is 3. The van der Waals surface area contributed by atoms with Crippen LogP contribution in [0.1, 0.15) is 41.6 Å². The number of aliphatic imine (C=N–C) groups is 1. The summed E-state index contributed by atoms with van der Waals surface area (Å²) in [6.45, 7) is 2.26. The first-order valence-corrected chi connectivity index (χ1v) is 7.92. The largest absolute Gasteiger partial charge is 0.299 e. The molecule has 0 saturated heterocycles. The van der Waals surface area contributed by atoms with Gasteiger partial charge in [-0.1, -0.05) is 37.3 Å². The number of alkyl halides is 2. The summed E-state index contributed by atoms with van der Waals surface area (Å²) < 4.78 is 25.6. The van der Waals surface area contributed by atoms with Gasteiger partial charge >= 0.3 is 0 Å². The normalized spacial score (nSPS) is 14.4. The van der Waals surface area contributed by atoms with Crippen molar-refractivity contribution in [2.75, 3.05) is 0 Å². The van der Waals surface area contributed by atoms with Gasteiger partial charge in [-0.2, -0.15) is 0 Å². The van der Waals surface area contributed by atoms with Crippen LogP contribution in [0.5, 0.6) is 0 Å². The molecule has 0 N–H and O–H groups in total. The highest BCUT2D eigenvalue weighted by molar-refractivity contribution is 6.05. The van der Waals surface area contributed by atoms with E-state index in [0.717, 1.165) is 11.1 Å². The van der Waals surface area contributed by atoms with Gasteiger partial charge in [0, 0.05) is 30.3 Å². The molecular formula is C19H18F2N2O. The first-order valence-electron chi connectivity index (χ1n) is 7.92. The van der Waals surface area contributed by atoms with Crippen LogP contribution in [0.25, 0.3) is 0 Å². The maximum atomic E-state index is 12.8. The number of benzene rings is 1. The Labute approximate surface area is 139 Å². The summed E-state index contributed by atoms with van der Waals surface area (Å²) in [7, 11) is 0. The molecule has 0 spiro atoms. The van der Waals surface area contributed by atoms with Crippen molar-refractivity contribution >= 4 is 11.5 Å². The third-order valence-corrected chi connectivity index (χ3v) is 4.23. The summed E-state index contributed by atoms with van der Waals surface area (Å²) in [5.74, 6) is 0.230. The van der Waals surface area contributed by atoms with E-state index in [1.807, 2.05) is 37.3 Å². The van der Waals surface area contributed by atoms with Crippen molar-refractivity contribution in [3.8, 4) is 0 Å². The third-order valence-electron chi connectivity index (χ3n) is 4.23. The zero-order valence-corrected chi connectivity index (χ0v) is 13.4. The van der Waals surface area contributed by atoms with Gasteiger partial charge in [-0.25, -0.2) is 8.78 Å². The van der Waals surface area contributed by atoms with E-state index in [2.05, 4.69) is 9.98 Å². The monoisotopic (exact) mass is 328 g/mol. The number of carbonyl (C=O) groups is 1. The van der Waals surface area contributed by atoms with Crippen LogP contribution in [0.15, 0.2) is 47.6 Å². The van der Waals surface area contributed by atoms with Gasteiger partial charge in [0.05, 0.1) is 6.54 Å². The molecule has 0 bridgehead atoms. The second kappa shape index (κ2) is 6.99. The summed E-state index contributed by atoms with van der Waals surface area (Å²) in [4.78, 5) is 20.3. The summed E-state index contributed by atoms with van der Waals surface area (Å²) in [6.07, 6.45) is -0.528. The van der Waals surface area contributed by atoms with Crippen LogP contribution < -0.4 is 0 Å². The molecule has 1 aromatic heterocycles. The number of Topliss-reactive ketones (excluding diaryl/α,β-unsaturated/α-hetero) is 1. The Kier molecular flexibility index (Phi) is 4.79. The Morgan fingerprint density at radius 1 is 1.25 bits per heavy atom. The number of carbonyl (C=O) groups excluding carboxylic acids is 1. The van der Waals surface area contributed by atoms with Gasteiger partial charge in [-0.05, 0) is 23.1 Å². The SMILES string of the molecule is C[C@@H](CC(=O)Cc1cc2c(cn1)C(C(F)F)=NC2)c1ccccc1. The van der Waals surface area contributed by atoms with Gasteiger partial charge < -0.3 is 0 Å². The van der Waals surface area contributed by atoms with E-state index < -0.39 is 6.43 Å². The molecule has 0 unspecified atom stereocenters. The highest BCUT2D eigenvalue weighted by Crippen LogP contribution is 2.23. The van der Waals surface area contributed by atoms with Crippen molar-refractivity contribution < 1.29 is 13.6 Å². The van der Waals surface area contributed by atoms with Crippen molar-refractivity contribution in [3.05, 3.63) is 65.0 Å². The number of halogens is 2. The second-order valence-electron chi connectivity index (χ2n) is 6.07. The molecule has 0 fully saturated rings. The molecular weight excluding hydrogens is 310 g/mol. The molecule has 0 aliphatic carbocycles. The lowest BCUT2D eigenvalue weighted by atomic mass is 9.94. The number of aromatic nitrogens is 1. The zero-order valence-electron chi connectivity index (χ0n) is 13.4. The van der Waals surface area contributed by atoms with Crippen molar-refractivity contribution in [3.63, 3.8) is 0 Å². The molecule has 3 rings (SSSR count). The molecule has 1 atom stereocenters. The highest BCUT2D eigenvalue weighted by atomic mass is 19.3. The van der Waals surface area contributed by atoms with E-state index in [1.54, 1.807) is 6.07 Å². The van der Waals surface area contributed by atoms with Gasteiger partial charge in [0.15, 0.2) is 0 Å². The molecule has 0 amide bonds. The molecule has 24 heavy (non-hydrogen) atoms. The summed E-state index contributed by atoms with van der Waals surface area (Å²) in [5.41, 5.74) is 2.67. The smallest absolute Gasteiger partial charge is 0.280 e. The minimum atomic E-state index is -2.59. The predicted octanol–water partition coefficient (Wildman–Crippen LogP) is 3.95. The van der Waals surface area contributed by atoms with Crippen LogP contribution >= 0.6 is 0 Å². The first kappa shape index (κ1) is 16.4. The van der Waals surface area contributed by atoms with E-state index in [0.29, 0.717) is 17.7 Å². The highest BCUT2D eigenvalue weighted by Gasteiger charge is 2.24. The van der Waals surface area contributed by atoms with Crippen molar-refractivity contribution in [1.29, 1.82) is 0 Å². The minimum Gasteiger partial charge on any atom is -0.299 e. The van der Waals surface area contributed by atoms with Crippen LogP contribution in [-0.4, -0.2) is 22.9 Å². The quantitative estimate of drug-likeness (QED) is 0.805. The fraction of sp³-hybridized carbons (Fsp3) is 0.316. The van der Waals surface area contributed by atoms with Gasteiger partial charge in [-0.3, -0.25) is 14.8 Å². The molecule has 1 aliphatic rings. The van der Waals surface area contributed by atoms with E-state index in [-0.39, 0.29) is 30.4 Å². The van der Waals surface area contributed by atoms with Crippen LogP contribution in [0.4, 0.5) is 8.78 Å². The van der Waals surface area contributed by atoms with Crippen molar-refractivity contribution in [2.45, 2.75) is 38.7 Å². The Hall–Kier alpha value is -2.43. The second-order valence-corrected chi connectivity index (χ2v) is 6.07. The molecule has 124 valence electrons. The Balaban J connectivity index is 1.64. The van der Waals surface area contributed by atoms with E-state index in [4.69, 9.17) is 0 Å². The zero-order chi connectivity index (χ0) is 17.1. The van der Waals surface area contributed by atoms with Crippen LogP contribution in [0, 0.1) is 0 Å².